The minimum atomic E-state index is -0.591. The van der Waals surface area contributed by atoms with Gasteiger partial charge < -0.3 is 19.5 Å². The van der Waals surface area contributed by atoms with Crippen LogP contribution in [0.3, 0.4) is 0 Å². The van der Waals surface area contributed by atoms with Crippen molar-refractivity contribution in [2.75, 3.05) is 26.1 Å². The van der Waals surface area contributed by atoms with Crippen molar-refractivity contribution in [2.24, 2.45) is 0 Å². The minimum absolute atomic E-state index is 0.129. The summed E-state index contributed by atoms with van der Waals surface area (Å²) in [6.07, 6.45) is 1.40. The zero-order valence-corrected chi connectivity index (χ0v) is 17.8. The molecular weight excluding hydrogens is 464 g/mol. The van der Waals surface area contributed by atoms with Crippen LogP contribution < -0.4 is 14.8 Å². The first-order valence-corrected chi connectivity index (χ1v) is 9.31. The van der Waals surface area contributed by atoms with Crippen LogP contribution in [-0.2, 0) is 14.3 Å². The number of hydrogen-bond acceptors (Lipinski definition) is 6. The van der Waals surface area contributed by atoms with Gasteiger partial charge in [-0.1, -0.05) is 33.6 Å². The van der Waals surface area contributed by atoms with Gasteiger partial charge in [-0.2, -0.15) is 5.26 Å². The lowest BCUT2D eigenvalue weighted by molar-refractivity contribution is -0.142. The third kappa shape index (κ3) is 6.24. The number of ether oxygens (including phenoxy) is 3. The Balaban J connectivity index is 2.29. The maximum atomic E-state index is 12.4. The van der Waals surface area contributed by atoms with Crippen molar-refractivity contribution in [3.63, 3.8) is 0 Å². The molecule has 150 valence electrons. The molecule has 0 saturated heterocycles. The molecule has 1 N–H and O–H groups in total. The molecular formula is C20H16BrClN2O5. The number of carbonyl (C=O) groups is 2. The average Bonchev–Trinajstić information content (AvgIpc) is 2.70. The van der Waals surface area contributed by atoms with Crippen molar-refractivity contribution < 1.29 is 23.8 Å². The first-order valence-electron chi connectivity index (χ1n) is 8.13. The number of nitrogens with zero attached hydrogens (tertiary/aromatic N) is 1. The Kier molecular flexibility index (Phi) is 8.07. The summed E-state index contributed by atoms with van der Waals surface area (Å²) in [5, 5.41) is 12.5. The molecule has 2 rings (SSSR count). The molecule has 7 nitrogen and oxygen atoms in total. The molecule has 0 radical (unpaired) electrons. The van der Waals surface area contributed by atoms with Gasteiger partial charge in [0, 0.05) is 15.2 Å². The molecule has 0 fully saturated rings. The topological polar surface area (TPSA) is 97.7 Å². The lowest BCUT2D eigenvalue weighted by Gasteiger charge is -2.12. The van der Waals surface area contributed by atoms with Crippen LogP contribution in [0.4, 0.5) is 5.69 Å². The summed E-state index contributed by atoms with van der Waals surface area (Å²) >= 11 is 9.27. The molecule has 0 aliphatic rings. The van der Waals surface area contributed by atoms with E-state index < -0.39 is 11.9 Å². The second-order valence-electron chi connectivity index (χ2n) is 5.52. The molecule has 1 amide bonds. The van der Waals surface area contributed by atoms with Crippen molar-refractivity contribution in [3.8, 4) is 17.6 Å². The number of methoxy groups -OCH3 is 2. The molecule has 0 atom stereocenters. The Hall–Kier alpha value is -3.02. The van der Waals surface area contributed by atoms with Gasteiger partial charge in [-0.05, 0) is 42.0 Å². The van der Waals surface area contributed by atoms with Gasteiger partial charge in [-0.25, -0.2) is 4.79 Å². The van der Waals surface area contributed by atoms with Crippen molar-refractivity contribution in [2.45, 2.75) is 0 Å². The lowest BCUT2D eigenvalue weighted by Crippen LogP contribution is -2.13. The summed E-state index contributed by atoms with van der Waals surface area (Å²) in [5.74, 6) is -0.525. The summed E-state index contributed by atoms with van der Waals surface area (Å²) < 4.78 is 15.7. The van der Waals surface area contributed by atoms with Crippen LogP contribution in [0.2, 0.25) is 5.02 Å². The van der Waals surface area contributed by atoms with Crippen LogP contribution in [0.15, 0.2) is 46.4 Å². The summed E-state index contributed by atoms with van der Waals surface area (Å²) in [5.41, 5.74) is 0.841. The molecule has 0 unspecified atom stereocenters. The van der Waals surface area contributed by atoms with E-state index in [1.807, 2.05) is 6.07 Å². The zero-order valence-electron chi connectivity index (χ0n) is 15.5. The fourth-order valence-electron chi connectivity index (χ4n) is 2.20. The second kappa shape index (κ2) is 10.5. The number of carbonyl (C=O) groups excluding carboxylic acids is 2. The summed E-state index contributed by atoms with van der Waals surface area (Å²) in [4.78, 5) is 23.7. The predicted octanol–water partition coefficient (Wildman–Crippen LogP) is 4.21. The van der Waals surface area contributed by atoms with Crippen molar-refractivity contribution in [1.82, 2.24) is 0 Å². The van der Waals surface area contributed by atoms with E-state index in [9.17, 15) is 14.9 Å². The van der Waals surface area contributed by atoms with Crippen LogP contribution in [-0.4, -0.2) is 32.7 Å². The van der Waals surface area contributed by atoms with E-state index in [1.165, 1.54) is 20.3 Å². The van der Waals surface area contributed by atoms with Gasteiger partial charge >= 0.3 is 5.97 Å². The number of rotatable bonds is 7. The predicted molar refractivity (Wildman–Crippen MR) is 112 cm³/mol. The molecule has 2 aromatic carbocycles. The highest BCUT2D eigenvalue weighted by atomic mass is 79.9. The van der Waals surface area contributed by atoms with Gasteiger partial charge in [0.15, 0.2) is 18.1 Å². The smallest absolute Gasteiger partial charge is 0.343 e. The van der Waals surface area contributed by atoms with Crippen molar-refractivity contribution >= 4 is 51.2 Å². The van der Waals surface area contributed by atoms with Crippen LogP contribution in [0, 0.1) is 11.3 Å². The monoisotopic (exact) mass is 478 g/mol. The highest BCUT2D eigenvalue weighted by Crippen LogP contribution is 2.34. The molecule has 0 heterocycles. The highest BCUT2D eigenvalue weighted by Gasteiger charge is 2.15. The van der Waals surface area contributed by atoms with E-state index in [0.29, 0.717) is 32.2 Å². The summed E-state index contributed by atoms with van der Waals surface area (Å²) in [6.45, 7) is -0.292. The fourth-order valence-corrected chi connectivity index (χ4v) is 2.83. The van der Waals surface area contributed by atoms with E-state index >= 15 is 0 Å². The largest absolute Gasteiger partial charge is 0.493 e. The Bertz CT molecular complexity index is 1000. The van der Waals surface area contributed by atoms with Crippen LogP contribution in [0.1, 0.15) is 5.56 Å². The standard InChI is InChI=1S/C20H16BrClN2O5/c1-27-17-7-12(16(21)9-18(17)29-11-19(25)28-2)6-13(10-23)20(26)24-15-5-3-4-14(22)8-15/h3-9H,11H2,1-2H3,(H,24,26)/b13-6+. The van der Waals surface area contributed by atoms with Gasteiger partial charge in [0.25, 0.3) is 5.91 Å². The van der Waals surface area contributed by atoms with Gasteiger partial charge in [-0.3, -0.25) is 4.79 Å². The minimum Gasteiger partial charge on any atom is -0.493 e. The third-order valence-corrected chi connectivity index (χ3v) is 4.53. The van der Waals surface area contributed by atoms with E-state index in [4.69, 9.17) is 21.1 Å². The molecule has 2 aromatic rings. The van der Waals surface area contributed by atoms with E-state index in [2.05, 4.69) is 26.0 Å². The number of halogens is 2. The normalized spacial score (nSPS) is 10.7. The van der Waals surface area contributed by atoms with Gasteiger partial charge in [0.1, 0.15) is 11.6 Å². The van der Waals surface area contributed by atoms with Crippen molar-refractivity contribution in [3.05, 3.63) is 57.0 Å². The molecule has 0 bridgehead atoms. The zero-order chi connectivity index (χ0) is 21.4. The summed E-state index contributed by atoms with van der Waals surface area (Å²) in [6, 6.07) is 11.6. The maximum absolute atomic E-state index is 12.4. The lowest BCUT2D eigenvalue weighted by atomic mass is 10.1. The molecule has 0 saturated carbocycles. The first-order chi connectivity index (χ1) is 13.9. The Morgan fingerprint density at radius 1 is 1.24 bits per heavy atom. The van der Waals surface area contributed by atoms with Gasteiger partial charge in [0.05, 0.1) is 14.2 Å². The third-order valence-electron chi connectivity index (χ3n) is 3.60. The number of esters is 1. The van der Waals surface area contributed by atoms with E-state index in [1.54, 1.807) is 36.4 Å². The van der Waals surface area contributed by atoms with E-state index in [0.717, 1.165) is 0 Å². The number of benzene rings is 2. The molecule has 0 spiro atoms. The van der Waals surface area contributed by atoms with E-state index in [-0.39, 0.29) is 12.2 Å². The first kappa shape index (κ1) is 22.3. The number of hydrogen-bond donors (Lipinski definition) is 1. The van der Waals surface area contributed by atoms with Crippen molar-refractivity contribution in [1.29, 1.82) is 5.26 Å². The maximum Gasteiger partial charge on any atom is 0.343 e. The van der Waals surface area contributed by atoms with Gasteiger partial charge in [0.2, 0.25) is 0 Å². The summed E-state index contributed by atoms with van der Waals surface area (Å²) in [7, 11) is 2.68. The number of nitriles is 1. The average molecular weight is 480 g/mol. The fraction of sp³-hybridized carbons (Fsp3) is 0.150. The SMILES string of the molecule is COC(=O)COc1cc(Br)c(/C=C(\C#N)C(=O)Nc2cccc(Cl)c2)cc1OC. The Morgan fingerprint density at radius 3 is 2.62 bits per heavy atom. The molecule has 0 aliphatic heterocycles. The second-order valence-corrected chi connectivity index (χ2v) is 6.81. The van der Waals surface area contributed by atoms with Crippen LogP contribution >= 0.6 is 27.5 Å². The molecule has 29 heavy (non-hydrogen) atoms. The Morgan fingerprint density at radius 2 is 2.00 bits per heavy atom. The van der Waals surface area contributed by atoms with Crippen LogP contribution in [0.5, 0.6) is 11.5 Å². The number of amides is 1. The molecule has 0 aliphatic carbocycles. The van der Waals surface area contributed by atoms with Gasteiger partial charge in [-0.15, -0.1) is 0 Å². The molecule has 0 aromatic heterocycles. The number of nitrogens with one attached hydrogen (secondary N) is 1. The van der Waals surface area contributed by atoms with Crippen LogP contribution in [0.25, 0.3) is 6.08 Å². The quantitative estimate of drug-likeness (QED) is 0.363. The Labute approximate surface area is 180 Å². The molecule has 9 heteroatoms. The highest BCUT2D eigenvalue weighted by molar-refractivity contribution is 9.10. The number of anilines is 1.